The van der Waals surface area contributed by atoms with Gasteiger partial charge in [-0.25, -0.2) is 14.2 Å². The van der Waals surface area contributed by atoms with E-state index in [-0.39, 0.29) is 11.7 Å². The Kier molecular flexibility index (Phi) is 5.64. The van der Waals surface area contributed by atoms with Gasteiger partial charge in [0, 0.05) is 42.0 Å². The number of carboxylic acid groups (broad SMARTS) is 1. The lowest BCUT2D eigenvalue weighted by atomic mass is 9.82. The van der Waals surface area contributed by atoms with Gasteiger partial charge in [0.2, 0.25) is 0 Å². The SMILES string of the molecule is COCC(C)(C)c1c([C@@H]2CC[C@@](OC)(C(=O)O)C2)c2nc3[nH]ncc3cc2n1-c1ccc(F)cc1. The molecule has 0 radical (unpaired) electrons. The average Bonchev–Trinajstić information content (AvgIpc) is 3.53. The van der Waals surface area contributed by atoms with Crippen LogP contribution in [0.3, 0.4) is 0 Å². The van der Waals surface area contributed by atoms with E-state index in [1.165, 1.54) is 19.2 Å². The molecule has 0 amide bonds. The molecule has 3 heterocycles. The fraction of sp³-hybridized carbons (Fsp3) is 0.423. The summed E-state index contributed by atoms with van der Waals surface area (Å²) in [5.74, 6) is -1.37. The van der Waals surface area contributed by atoms with E-state index >= 15 is 0 Å². The summed E-state index contributed by atoms with van der Waals surface area (Å²) in [6, 6.07) is 8.39. The predicted octanol–water partition coefficient (Wildman–Crippen LogP) is 4.70. The van der Waals surface area contributed by atoms with Crippen LogP contribution in [0.25, 0.3) is 27.8 Å². The van der Waals surface area contributed by atoms with Crippen LogP contribution in [0.5, 0.6) is 0 Å². The van der Waals surface area contributed by atoms with Crippen molar-refractivity contribution in [1.29, 1.82) is 0 Å². The van der Waals surface area contributed by atoms with Gasteiger partial charge < -0.3 is 19.1 Å². The largest absolute Gasteiger partial charge is 0.479 e. The molecular weight excluding hydrogens is 451 g/mol. The maximum atomic E-state index is 13.9. The Morgan fingerprint density at radius 2 is 2.06 bits per heavy atom. The van der Waals surface area contributed by atoms with Crippen molar-refractivity contribution in [2.75, 3.05) is 20.8 Å². The summed E-state index contributed by atoms with van der Waals surface area (Å²) in [5.41, 5.74) is 3.31. The number of aromatic amines is 1. The third kappa shape index (κ3) is 3.70. The number of fused-ring (bicyclic) bond motifs is 2. The van der Waals surface area contributed by atoms with Crippen LogP contribution in [0, 0.1) is 5.82 Å². The number of aromatic nitrogens is 4. The van der Waals surface area contributed by atoms with E-state index in [1.54, 1.807) is 25.4 Å². The number of rotatable bonds is 7. The molecule has 5 rings (SSSR count). The second kappa shape index (κ2) is 8.42. The van der Waals surface area contributed by atoms with Crippen LogP contribution in [-0.4, -0.2) is 57.3 Å². The highest BCUT2D eigenvalue weighted by Crippen LogP contribution is 2.49. The highest BCUT2D eigenvalue weighted by atomic mass is 19.1. The number of carboxylic acids is 1. The number of H-pyrrole nitrogens is 1. The van der Waals surface area contributed by atoms with Gasteiger partial charge in [-0.1, -0.05) is 13.8 Å². The standard InChI is InChI=1S/C26H29FN4O4/c1-25(2,14-34-3)22-20(15-9-10-26(12-15,35-4)24(32)33)21-19(11-16-13-28-30-23(16)29-21)31(22)18-7-5-17(27)6-8-18/h5-8,11,13,15H,9-10,12,14H2,1-4H3,(H,32,33)(H,28,29,30)/t15-,26+/m1/s1. The Morgan fingerprint density at radius 3 is 2.69 bits per heavy atom. The fourth-order valence-electron chi connectivity index (χ4n) is 5.65. The third-order valence-corrected chi connectivity index (χ3v) is 7.27. The minimum Gasteiger partial charge on any atom is -0.479 e. The number of hydrogen-bond acceptors (Lipinski definition) is 5. The van der Waals surface area contributed by atoms with Gasteiger partial charge in [-0.05, 0) is 55.5 Å². The summed E-state index contributed by atoms with van der Waals surface area (Å²) in [6.07, 6.45) is 3.10. The van der Waals surface area contributed by atoms with Crippen molar-refractivity contribution in [2.24, 2.45) is 0 Å². The molecule has 1 saturated carbocycles. The number of methoxy groups -OCH3 is 2. The number of ether oxygens (including phenoxy) is 2. The molecule has 2 atom stereocenters. The van der Waals surface area contributed by atoms with Gasteiger partial charge in [0.1, 0.15) is 5.82 Å². The van der Waals surface area contributed by atoms with Gasteiger partial charge in [0.05, 0.1) is 23.8 Å². The normalized spacial score (nSPS) is 20.8. The number of halogens is 1. The summed E-state index contributed by atoms with van der Waals surface area (Å²) in [7, 11) is 3.12. The maximum Gasteiger partial charge on any atom is 0.335 e. The number of benzene rings is 1. The molecule has 4 aromatic rings. The van der Waals surface area contributed by atoms with Gasteiger partial charge >= 0.3 is 5.97 Å². The summed E-state index contributed by atoms with van der Waals surface area (Å²) < 4.78 is 27.1. The number of aliphatic carboxylic acids is 1. The van der Waals surface area contributed by atoms with Gasteiger partial charge in [0.15, 0.2) is 11.2 Å². The minimum absolute atomic E-state index is 0.103. The Hall–Kier alpha value is -3.30. The molecule has 0 aliphatic heterocycles. The Labute approximate surface area is 202 Å². The van der Waals surface area contributed by atoms with Crippen LogP contribution in [0.4, 0.5) is 4.39 Å². The van der Waals surface area contributed by atoms with Gasteiger partial charge in [-0.15, -0.1) is 0 Å². The zero-order chi connectivity index (χ0) is 25.0. The van der Waals surface area contributed by atoms with Crippen molar-refractivity contribution < 1.29 is 23.8 Å². The molecule has 0 unspecified atom stereocenters. The van der Waals surface area contributed by atoms with Crippen LogP contribution in [-0.2, 0) is 19.7 Å². The second-order valence-electron chi connectivity index (χ2n) is 10.00. The molecule has 1 aromatic carbocycles. The molecule has 1 fully saturated rings. The first-order valence-electron chi connectivity index (χ1n) is 11.6. The highest BCUT2D eigenvalue weighted by Gasteiger charge is 2.48. The average molecular weight is 481 g/mol. The highest BCUT2D eigenvalue weighted by molar-refractivity contribution is 5.94. The van der Waals surface area contributed by atoms with Crippen molar-refractivity contribution in [3.05, 3.63) is 53.6 Å². The predicted molar refractivity (Wildman–Crippen MR) is 130 cm³/mol. The molecule has 35 heavy (non-hydrogen) atoms. The molecule has 8 nitrogen and oxygen atoms in total. The van der Waals surface area contributed by atoms with Crippen LogP contribution in [0.1, 0.15) is 50.3 Å². The Balaban J connectivity index is 1.86. The van der Waals surface area contributed by atoms with E-state index in [2.05, 4.69) is 28.6 Å². The number of pyridine rings is 1. The van der Waals surface area contributed by atoms with Crippen LogP contribution in [0.2, 0.25) is 0 Å². The molecule has 3 aromatic heterocycles. The molecular formula is C26H29FN4O4. The smallest absolute Gasteiger partial charge is 0.335 e. The lowest BCUT2D eigenvalue weighted by molar-refractivity contribution is -0.161. The van der Waals surface area contributed by atoms with E-state index < -0.39 is 17.0 Å². The van der Waals surface area contributed by atoms with Crippen LogP contribution >= 0.6 is 0 Å². The molecule has 2 N–H and O–H groups in total. The fourth-order valence-corrected chi connectivity index (χ4v) is 5.65. The quantitative estimate of drug-likeness (QED) is 0.397. The van der Waals surface area contributed by atoms with Crippen LogP contribution in [0.15, 0.2) is 36.5 Å². The summed E-state index contributed by atoms with van der Waals surface area (Å²) in [4.78, 5) is 17.1. The van der Waals surface area contributed by atoms with Crippen molar-refractivity contribution in [3.63, 3.8) is 0 Å². The van der Waals surface area contributed by atoms with Crippen molar-refractivity contribution in [3.8, 4) is 5.69 Å². The Bertz CT molecular complexity index is 1410. The molecule has 184 valence electrons. The zero-order valence-corrected chi connectivity index (χ0v) is 20.3. The molecule has 1 aliphatic rings. The van der Waals surface area contributed by atoms with Crippen molar-refractivity contribution >= 4 is 28.0 Å². The summed E-state index contributed by atoms with van der Waals surface area (Å²) in [6.45, 7) is 4.62. The van der Waals surface area contributed by atoms with E-state index in [4.69, 9.17) is 14.5 Å². The van der Waals surface area contributed by atoms with Crippen molar-refractivity contribution in [2.45, 2.75) is 50.0 Å². The summed E-state index contributed by atoms with van der Waals surface area (Å²) in [5, 5.41) is 17.9. The third-order valence-electron chi connectivity index (χ3n) is 7.27. The molecule has 1 aliphatic carbocycles. The van der Waals surface area contributed by atoms with Gasteiger partial charge in [-0.2, -0.15) is 5.10 Å². The summed E-state index contributed by atoms with van der Waals surface area (Å²) >= 11 is 0. The lowest BCUT2D eigenvalue weighted by Crippen LogP contribution is -2.38. The van der Waals surface area contributed by atoms with Gasteiger partial charge in [-0.3, -0.25) is 5.10 Å². The first kappa shape index (κ1) is 23.4. The number of nitrogens with zero attached hydrogens (tertiary/aromatic N) is 3. The van der Waals surface area contributed by atoms with Gasteiger partial charge in [0.25, 0.3) is 0 Å². The molecule has 0 spiro atoms. The van der Waals surface area contributed by atoms with E-state index in [0.717, 1.165) is 33.4 Å². The maximum absolute atomic E-state index is 13.9. The molecule has 0 saturated heterocycles. The first-order chi connectivity index (χ1) is 16.7. The Morgan fingerprint density at radius 1 is 1.31 bits per heavy atom. The minimum atomic E-state index is -1.24. The first-order valence-corrected chi connectivity index (χ1v) is 11.6. The van der Waals surface area contributed by atoms with E-state index in [0.29, 0.717) is 31.5 Å². The zero-order valence-electron chi connectivity index (χ0n) is 20.3. The number of carbonyl (C=O) groups is 1. The molecule has 9 heteroatoms. The molecule has 0 bridgehead atoms. The van der Waals surface area contributed by atoms with Crippen LogP contribution < -0.4 is 0 Å². The topological polar surface area (TPSA) is 102 Å². The van der Waals surface area contributed by atoms with E-state index in [1.807, 2.05) is 6.07 Å². The number of hydrogen-bond donors (Lipinski definition) is 2. The number of nitrogens with one attached hydrogen (secondary N) is 1. The van der Waals surface area contributed by atoms with Crippen molar-refractivity contribution in [1.82, 2.24) is 19.7 Å². The monoisotopic (exact) mass is 480 g/mol. The van der Waals surface area contributed by atoms with E-state index in [9.17, 15) is 14.3 Å². The lowest BCUT2D eigenvalue weighted by Gasteiger charge is -2.30. The second-order valence-corrected chi connectivity index (χ2v) is 10.00.